The van der Waals surface area contributed by atoms with Gasteiger partial charge in [0.25, 0.3) is 5.91 Å². The number of rotatable bonds is 4. The van der Waals surface area contributed by atoms with E-state index >= 15 is 0 Å². The number of carbonyl (C=O) groups excluding carboxylic acids is 1. The smallest absolute Gasteiger partial charge is 0.255 e. The lowest BCUT2D eigenvalue weighted by Crippen LogP contribution is -2.45. The van der Waals surface area contributed by atoms with Crippen LogP contribution in [0.25, 0.3) is 0 Å². The van der Waals surface area contributed by atoms with E-state index in [9.17, 15) is 18.7 Å². The lowest BCUT2D eigenvalue weighted by molar-refractivity contribution is -0.113. The third kappa shape index (κ3) is 3.89. The SMILES string of the molecule is COc1cc(C2NC(=S)NC(C)=C2C(=O)Nc2ccc(F)c(F)c2)ccc1O. The summed E-state index contributed by atoms with van der Waals surface area (Å²) >= 11 is 5.19. The minimum absolute atomic E-state index is 0.0451. The fourth-order valence-corrected chi connectivity index (χ4v) is 3.16. The van der Waals surface area contributed by atoms with Crippen molar-refractivity contribution in [2.75, 3.05) is 12.4 Å². The molecule has 3 rings (SSSR count). The monoisotopic (exact) mass is 405 g/mol. The molecule has 2 aromatic rings. The van der Waals surface area contributed by atoms with Crippen LogP contribution in [0.5, 0.6) is 11.5 Å². The summed E-state index contributed by atoms with van der Waals surface area (Å²) in [6.45, 7) is 1.68. The Balaban J connectivity index is 1.97. The molecule has 146 valence electrons. The standard InChI is InChI=1S/C19H17F2N3O3S/c1-9-16(18(26)23-11-4-5-12(20)13(21)8-11)17(24-19(28)22-9)10-3-6-14(25)15(7-10)27-2/h3-8,17,25H,1-2H3,(H,23,26)(H2,22,24,28). The van der Waals surface area contributed by atoms with Gasteiger partial charge in [-0.2, -0.15) is 0 Å². The number of hydrogen-bond donors (Lipinski definition) is 4. The van der Waals surface area contributed by atoms with Gasteiger partial charge in [0.05, 0.1) is 18.7 Å². The molecule has 1 unspecified atom stereocenters. The highest BCUT2D eigenvalue weighted by Crippen LogP contribution is 2.33. The van der Waals surface area contributed by atoms with E-state index in [1.807, 2.05) is 0 Å². The first-order valence-corrected chi connectivity index (χ1v) is 8.62. The van der Waals surface area contributed by atoms with Crippen molar-refractivity contribution in [2.45, 2.75) is 13.0 Å². The second kappa shape index (κ2) is 7.81. The van der Waals surface area contributed by atoms with Crippen LogP contribution in [0.4, 0.5) is 14.5 Å². The van der Waals surface area contributed by atoms with Gasteiger partial charge in [-0.15, -0.1) is 0 Å². The van der Waals surface area contributed by atoms with Crippen LogP contribution in [0.15, 0.2) is 47.7 Å². The number of carbonyl (C=O) groups is 1. The minimum Gasteiger partial charge on any atom is -0.504 e. The molecule has 6 nitrogen and oxygen atoms in total. The summed E-state index contributed by atoms with van der Waals surface area (Å²) in [6.07, 6.45) is 0. The molecule has 0 saturated carbocycles. The number of aromatic hydroxyl groups is 1. The molecule has 9 heteroatoms. The Bertz CT molecular complexity index is 994. The van der Waals surface area contributed by atoms with Crippen molar-refractivity contribution in [1.82, 2.24) is 10.6 Å². The van der Waals surface area contributed by atoms with Crippen molar-refractivity contribution in [3.05, 3.63) is 64.9 Å². The van der Waals surface area contributed by atoms with Crippen molar-refractivity contribution in [1.29, 1.82) is 0 Å². The maximum atomic E-state index is 13.4. The molecule has 0 aromatic heterocycles. The number of phenolic OH excluding ortho intramolecular Hbond substituents is 1. The van der Waals surface area contributed by atoms with Crippen molar-refractivity contribution < 1.29 is 23.4 Å². The Morgan fingerprint density at radius 2 is 1.96 bits per heavy atom. The molecular formula is C19H17F2N3O3S. The molecule has 28 heavy (non-hydrogen) atoms. The molecule has 1 aliphatic rings. The Labute approximate surface area is 165 Å². The minimum atomic E-state index is -1.07. The van der Waals surface area contributed by atoms with E-state index < -0.39 is 23.6 Å². The Kier molecular flexibility index (Phi) is 5.46. The van der Waals surface area contributed by atoms with E-state index in [-0.39, 0.29) is 17.2 Å². The van der Waals surface area contributed by atoms with E-state index in [0.717, 1.165) is 12.1 Å². The van der Waals surface area contributed by atoms with E-state index in [0.29, 0.717) is 21.9 Å². The average molecular weight is 405 g/mol. The maximum Gasteiger partial charge on any atom is 0.255 e. The zero-order valence-electron chi connectivity index (χ0n) is 15.0. The number of methoxy groups -OCH3 is 1. The lowest BCUT2D eigenvalue weighted by atomic mass is 9.94. The largest absolute Gasteiger partial charge is 0.504 e. The lowest BCUT2D eigenvalue weighted by Gasteiger charge is -2.30. The Morgan fingerprint density at radius 3 is 2.64 bits per heavy atom. The number of allylic oxidation sites excluding steroid dienone is 1. The van der Waals surface area contributed by atoms with Crippen LogP contribution in [-0.4, -0.2) is 23.2 Å². The molecule has 1 aliphatic heterocycles. The van der Waals surface area contributed by atoms with Gasteiger partial charge in [0, 0.05) is 17.5 Å². The van der Waals surface area contributed by atoms with Crippen molar-refractivity contribution in [3.63, 3.8) is 0 Å². The van der Waals surface area contributed by atoms with Crippen LogP contribution in [0.3, 0.4) is 0 Å². The molecule has 0 saturated heterocycles. The molecule has 1 atom stereocenters. The summed E-state index contributed by atoms with van der Waals surface area (Å²) < 4.78 is 31.7. The van der Waals surface area contributed by atoms with Gasteiger partial charge in [-0.25, -0.2) is 8.78 Å². The van der Waals surface area contributed by atoms with E-state index in [1.165, 1.54) is 19.2 Å². The molecule has 1 amide bonds. The van der Waals surface area contributed by atoms with Gasteiger partial charge in [0.15, 0.2) is 28.2 Å². The van der Waals surface area contributed by atoms with Crippen molar-refractivity contribution in [2.24, 2.45) is 0 Å². The fraction of sp³-hybridized carbons (Fsp3) is 0.158. The Hall–Kier alpha value is -3.20. The van der Waals surface area contributed by atoms with Gasteiger partial charge in [-0.1, -0.05) is 6.07 Å². The third-order valence-corrected chi connectivity index (χ3v) is 4.45. The number of halogens is 2. The molecule has 0 fully saturated rings. The summed E-state index contributed by atoms with van der Waals surface area (Å²) in [7, 11) is 1.41. The topological polar surface area (TPSA) is 82.6 Å². The van der Waals surface area contributed by atoms with Crippen LogP contribution < -0.4 is 20.7 Å². The van der Waals surface area contributed by atoms with Gasteiger partial charge >= 0.3 is 0 Å². The molecule has 0 spiro atoms. The quantitative estimate of drug-likeness (QED) is 0.585. The average Bonchev–Trinajstić information content (AvgIpc) is 2.64. The highest BCUT2D eigenvalue weighted by molar-refractivity contribution is 7.80. The third-order valence-electron chi connectivity index (χ3n) is 4.23. The van der Waals surface area contributed by atoms with Crippen LogP contribution in [0, 0.1) is 11.6 Å². The van der Waals surface area contributed by atoms with Crippen molar-refractivity contribution in [3.8, 4) is 11.5 Å². The van der Waals surface area contributed by atoms with Crippen molar-refractivity contribution >= 4 is 28.9 Å². The van der Waals surface area contributed by atoms with Gasteiger partial charge in [0.1, 0.15) is 0 Å². The zero-order valence-corrected chi connectivity index (χ0v) is 15.8. The first kappa shape index (κ1) is 19.6. The molecule has 0 radical (unpaired) electrons. The predicted molar refractivity (Wildman–Crippen MR) is 104 cm³/mol. The van der Waals surface area contributed by atoms with E-state index in [2.05, 4.69) is 16.0 Å². The van der Waals surface area contributed by atoms with E-state index in [4.69, 9.17) is 17.0 Å². The zero-order chi connectivity index (χ0) is 20.4. The highest BCUT2D eigenvalue weighted by Gasteiger charge is 2.30. The number of amides is 1. The summed E-state index contributed by atoms with van der Waals surface area (Å²) in [5.41, 5.74) is 1.53. The number of benzene rings is 2. The maximum absolute atomic E-state index is 13.4. The number of thiocarbonyl (C=S) groups is 1. The number of hydrogen-bond acceptors (Lipinski definition) is 4. The normalized spacial score (nSPS) is 16.3. The first-order chi connectivity index (χ1) is 13.3. The molecule has 1 heterocycles. The number of phenols is 1. The number of anilines is 1. The summed E-state index contributed by atoms with van der Waals surface area (Å²) in [4.78, 5) is 12.9. The summed E-state index contributed by atoms with van der Waals surface area (Å²) in [5.74, 6) is -2.40. The van der Waals surface area contributed by atoms with Gasteiger partial charge < -0.3 is 25.8 Å². The molecular weight excluding hydrogens is 388 g/mol. The van der Waals surface area contributed by atoms with Gasteiger partial charge in [-0.05, 0) is 49.0 Å². The number of nitrogens with one attached hydrogen (secondary N) is 3. The van der Waals surface area contributed by atoms with Gasteiger partial charge in [0.2, 0.25) is 0 Å². The summed E-state index contributed by atoms with van der Waals surface area (Å²) in [5, 5.41) is 18.6. The fourth-order valence-electron chi connectivity index (χ4n) is 2.89. The van der Waals surface area contributed by atoms with Crippen LogP contribution in [0.2, 0.25) is 0 Å². The molecule has 2 aromatic carbocycles. The molecule has 4 N–H and O–H groups in total. The molecule has 0 bridgehead atoms. The Morgan fingerprint density at radius 1 is 1.21 bits per heavy atom. The predicted octanol–water partition coefficient (Wildman–Crippen LogP) is 3.11. The van der Waals surface area contributed by atoms with E-state index in [1.54, 1.807) is 19.1 Å². The highest BCUT2D eigenvalue weighted by atomic mass is 32.1. The first-order valence-electron chi connectivity index (χ1n) is 8.21. The second-order valence-corrected chi connectivity index (χ2v) is 6.49. The van der Waals surface area contributed by atoms with Crippen LogP contribution in [-0.2, 0) is 4.79 Å². The van der Waals surface area contributed by atoms with Gasteiger partial charge in [-0.3, -0.25) is 4.79 Å². The van der Waals surface area contributed by atoms with Crippen LogP contribution >= 0.6 is 12.2 Å². The second-order valence-electron chi connectivity index (χ2n) is 6.08. The van der Waals surface area contributed by atoms with Crippen LogP contribution in [0.1, 0.15) is 18.5 Å². The number of ether oxygens (including phenoxy) is 1. The summed E-state index contributed by atoms with van der Waals surface area (Å²) in [6, 6.07) is 7.10. The molecule has 0 aliphatic carbocycles.